The van der Waals surface area contributed by atoms with Crippen LogP contribution >= 0.6 is 0 Å². The molecule has 1 aliphatic carbocycles. The fraction of sp³-hybridized carbons (Fsp3) is 0.471. The summed E-state index contributed by atoms with van der Waals surface area (Å²) < 4.78 is 5.41. The summed E-state index contributed by atoms with van der Waals surface area (Å²) in [6, 6.07) is 8.00. The van der Waals surface area contributed by atoms with Crippen molar-refractivity contribution in [2.45, 2.75) is 44.2 Å². The summed E-state index contributed by atoms with van der Waals surface area (Å²) in [5.74, 6) is 1.68. The molecule has 4 nitrogen and oxygen atoms in total. The molecule has 0 radical (unpaired) electrons. The Hall–Kier alpha value is -1.81. The molecule has 0 amide bonds. The lowest BCUT2D eigenvalue weighted by Gasteiger charge is -2.23. The Balaban J connectivity index is 1.93. The van der Waals surface area contributed by atoms with E-state index in [-0.39, 0.29) is 12.1 Å². The monoisotopic (exact) mass is 286 g/mol. The quantitative estimate of drug-likeness (QED) is 0.850. The van der Waals surface area contributed by atoms with Gasteiger partial charge in [-0.05, 0) is 25.0 Å². The van der Waals surface area contributed by atoms with Gasteiger partial charge >= 0.3 is 0 Å². The predicted molar refractivity (Wildman–Crippen MR) is 84.8 cm³/mol. The molecule has 1 aromatic carbocycles. The zero-order valence-electron chi connectivity index (χ0n) is 12.4. The van der Waals surface area contributed by atoms with E-state index in [1.54, 1.807) is 13.3 Å². The highest BCUT2D eigenvalue weighted by Gasteiger charge is 2.22. The summed E-state index contributed by atoms with van der Waals surface area (Å²) in [5, 5.41) is 15.8. The Labute approximate surface area is 125 Å². The van der Waals surface area contributed by atoms with Gasteiger partial charge < -0.3 is 15.2 Å². The number of rotatable bonds is 3. The van der Waals surface area contributed by atoms with Gasteiger partial charge in [0.05, 0.1) is 19.3 Å². The molecule has 3 rings (SSSR count). The second-order valence-electron chi connectivity index (χ2n) is 5.67. The fourth-order valence-corrected chi connectivity index (χ4v) is 3.10. The Morgan fingerprint density at radius 2 is 2.00 bits per heavy atom. The Bertz CT molecular complexity index is 615. The molecular weight excluding hydrogens is 264 g/mol. The molecule has 0 bridgehead atoms. The topological polar surface area (TPSA) is 54.4 Å². The number of benzene rings is 1. The number of ether oxygens (including phenoxy) is 1. The Kier molecular flexibility index (Phi) is 4.25. The number of fused-ring (bicyclic) bond motifs is 1. The van der Waals surface area contributed by atoms with E-state index in [1.165, 1.54) is 6.42 Å². The van der Waals surface area contributed by atoms with Crippen LogP contribution < -0.4 is 10.1 Å². The number of methoxy groups -OCH3 is 1. The van der Waals surface area contributed by atoms with E-state index < -0.39 is 0 Å². The predicted octanol–water partition coefficient (Wildman–Crippen LogP) is 3.35. The summed E-state index contributed by atoms with van der Waals surface area (Å²) in [6.07, 6.45) is 6.81. The number of hydrogen-bond donors (Lipinski definition) is 2. The van der Waals surface area contributed by atoms with Crippen molar-refractivity contribution in [3.8, 4) is 5.75 Å². The highest BCUT2D eigenvalue weighted by Crippen LogP contribution is 2.30. The molecule has 112 valence electrons. The first-order valence-electron chi connectivity index (χ1n) is 7.66. The number of aromatic nitrogens is 1. The number of anilines is 1. The second kappa shape index (κ2) is 6.31. The third kappa shape index (κ3) is 2.95. The van der Waals surface area contributed by atoms with E-state index in [4.69, 9.17) is 4.74 Å². The van der Waals surface area contributed by atoms with Gasteiger partial charge in [-0.15, -0.1) is 0 Å². The van der Waals surface area contributed by atoms with Gasteiger partial charge in [0, 0.05) is 17.0 Å². The Morgan fingerprint density at radius 3 is 2.86 bits per heavy atom. The van der Waals surface area contributed by atoms with Gasteiger partial charge in [0.15, 0.2) is 0 Å². The molecule has 21 heavy (non-hydrogen) atoms. The van der Waals surface area contributed by atoms with Gasteiger partial charge in [-0.25, -0.2) is 4.98 Å². The van der Waals surface area contributed by atoms with Crippen molar-refractivity contribution in [3.63, 3.8) is 0 Å². The van der Waals surface area contributed by atoms with Crippen LogP contribution in [0.4, 0.5) is 5.82 Å². The minimum Gasteiger partial charge on any atom is -0.496 e. The van der Waals surface area contributed by atoms with Gasteiger partial charge in [-0.1, -0.05) is 31.4 Å². The molecule has 0 aliphatic heterocycles. The summed E-state index contributed by atoms with van der Waals surface area (Å²) in [6.45, 7) is 0. The van der Waals surface area contributed by atoms with Crippen molar-refractivity contribution < 1.29 is 9.84 Å². The highest BCUT2D eigenvalue weighted by molar-refractivity contribution is 5.95. The van der Waals surface area contributed by atoms with Crippen molar-refractivity contribution in [2.24, 2.45) is 0 Å². The van der Waals surface area contributed by atoms with Crippen LogP contribution in [0.5, 0.6) is 5.75 Å². The average molecular weight is 286 g/mol. The van der Waals surface area contributed by atoms with E-state index >= 15 is 0 Å². The molecule has 2 aromatic rings. The first kappa shape index (κ1) is 14.1. The lowest BCUT2D eigenvalue weighted by molar-refractivity contribution is 0.144. The number of hydrogen-bond acceptors (Lipinski definition) is 4. The smallest absolute Gasteiger partial charge is 0.134 e. The Morgan fingerprint density at radius 1 is 1.14 bits per heavy atom. The molecule has 1 heterocycles. The number of nitrogens with zero attached hydrogens (tertiary/aromatic N) is 1. The van der Waals surface area contributed by atoms with Gasteiger partial charge in [-0.2, -0.15) is 0 Å². The van der Waals surface area contributed by atoms with E-state index in [1.807, 2.05) is 24.3 Å². The van der Waals surface area contributed by atoms with Gasteiger partial charge in [-0.3, -0.25) is 0 Å². The lowest BCUT2D eigenvalue weighted by Crippen LogP contribution is -2.32. The minimum atomic E-state index is -0.296. The molecular formula is C17H22N2O2. The maximum atomic E-state index is 10.3. The third-order valence-corrected chi connectivity index (χ3v) is 4.29. The average Bonchev–Trinajstić information content (AvgIpc) is 2.72. The van der Waals surface area contributed by atoms with Crippen LogP contribution in [0.25, 0.3) is 10.8 Å². The summed E-state index contributed by atoms with van der Waals surface area (Å²) >= 11 is 0. The van der Waals surface area contributed by atoms with Crippen molar-refractivity contribution in [2.75, 3.05) is 12.4 Å². The molecule has 0 spiro atoms. The maximum absolute atomic E-state index is 10.3. The highest BCUT2D eigenvalue weighted by atomic mass is 16.5. The van der Waals surface area contributed by atoms with E-state index in [0.717, 1.165) is 48.0 Å². The molecule has 2 unspecified atom stereocenters. The number of nitrogens with one attached hydrogen (secondary N) is 1. The SMILES string of the molecule is COc1cccc2c(NC3CCCCCC3O)nccc12. The first-order chi connectivity index (χ1) is 10.3. The normalized spacial score (nSPS) is 22.8. The molecule has 2 atom stereocenters. The first-order valence-corrected chi connectivity index (χ1v) is 7.66. The zero-order chi connectivity index (χ0) is 14.7. The zero-order valence-corrected chi connectivity index (χ0v) is 12.4. The number of pyridine rings is 1. The fourth-order valence-electron chi connectivity index (χ4n) is 3.10. The molecule has 0 saturated heterocycles. The van der Waals surface area contributed by atoms with E-state index in [0.29, 0.717) is 0 Å². The molecule has 1 aliphatic rings. The van der Waals surface area contributed by atoms with Crippen LogP contribution in [0, 0.1) is 0 Å². The van der Waals surface area contributed by atoms with E-state index in [2.05, 4.69) is 10.3 Å². The largest absolute Gasteiger partial charge is 0.496 e. The molecule has 1 fully saturated rings. The maximum Gasteiger partial charge on any atom is 0.134 e. The van der Waals surface area contributed by atoms with Crippen molar-refractivity contribution in [1.29, 1.82) is 0 Å². The lowest BCUT2D eigenvalue weighted by atomic mass is 10.1. The van der Waals surface area contributed by atoms with Crippen LogP contribution in [0.2, 0.25) is 0 Å². The summed E-state index contributed by atoms with van der Waals surface area (Å²) in [4.78, 5) is 4.46. The second-order valence-corrected chi connectivity index (χ2v) is 5.67. The third-order valence-electron chi connectivity index (χ3n) is 4.29. The molecule has 2 N–H and O–H groups in total. The molecule has 1 saturated carbocycles. The van der Waals surface area contributed by atoms with Crippen LogP contribution in [0.3, 0.4) is 0 Å². The molecule has 4 heteroatoms. The van der Waals surface area contributed by atoms with Gasteiger partial charge in [0.25, 0.3) is 0 Å². The van der Waals surface area contributed by atoms with Crippen LogP contribution in [-0.2, 0) is 0 Å². The van der Waals surface area contributed by atoms with Gasteiger partial charge in [0.1, 0.15) is 11.6 Å². The van der Waals surface area contributed by atoms with Crippen molar-refractivity contribution in [1.82, 2.24) is 4.98 Å². The number of aliphatic hydroxyl groups excluding tert-OH is 1. The van der Waals surface area contributed by atoms with Crippen LogP contribution in [0.15, 0.2) is 30.5 Å². The summed E-state index contributed by atoms with van der Waals surface area (Å²) in [5.41, 5.74) is 0. The molecule has 1 aromatic heterocycles. The van der Waals surface area contributed by atoms with Crippen LogP contribution in [0.1, 0.15) is 32.1 Å². The van der Waals surface area contributed by atoms with Crippen molar-refractivity contribution in [3.05, 3.63) is 30.5 Å². The van der Waals surface area contributed by atoms with Crippen molar-refractivity contribution >= 4 is 16.6 Å². The van der Waals surface area contributed by atoms with Crippen LogP contribution in [-0.4, -0.2) is 29.3 Å². The summed E-state index contributed by atoms with van der Waals surface area (Å²) in [7, 11) is 1.68. The van der Waals surface area contributed by atoms with E-state index in [9.17, 15) is 5.11 Å². The number of aliphatic hydroxyl groups is 1. The van der Waals surface area contributed by atoms with Gasteiger partial charge in [0.2, 0.25) is 0 Å². The minimum absolute atomic E-state index is 0.0804. The standard InChI is InChI=1S/C17H22N2O2/c1-21-16-9-5-6-13-12(16)10-11-18-17(13)19-14-7-3-2-4-8-15(14)20/h5-6,9-11,14-15,20H,2-4,7-8H2,1H3,(H,18,19).